The molecule has 0 unspecified atom stereocenters. The first-order valence-corrected chi connectivity index (χ1v) is 8.18. The highest BCUT2D eigenvalue weighted by Crippen LogP contribution is 2.31. The summed E-state index contributed by atoms with van der Waals surface area (Å²) in [6.07, 6.45) is 0.699. The lowest BCUT2D eigenvalue weighted by molar-refractivity contribution is 0.0734. The fourth-order valence-corrected chi connectivity index (χ4v) is 3.10. The highest BCUT2D eigenvalue weighted by atomic mass is 35.5. The summed E-state index contributed by atoms with van der Waals surface area (Å²) in [4.78, 5) is 14.5. The van der Waals surface area contributed by atoms with Gasteiger partial charge in [-0.2, -0.15) is 0 Å². The van der Waals surface area contributed by atoms with E-state index in [4.69, 9.17) is 16.1 Å². The van der Waals surface area contributed by atoms with Gasteiger partial charge in [-0.15, -0.1) is 0 Å². The summed E-state index contributed by atoms with van der Waals surface area (Å²) in [6, 6.07) is 16.8. The van der Waals surface area contributed by atoms with Gasteiger partial charge in [-0.1, -0.05) is 35.0 Å². The molecule has 1 amide bonds. The Kier molecular flexibility index (Phi) is 3.82. The Bertz CT molecular complexity index is 872. The Morgan fingerprint density at radius 1 is 1.08 bits per heavy atom. The fourth-order valence-electron chi connectivity index (χ4n) is 2.98. The molecule has 120 valence electrons. The van der Waals surface area contributed by atoms with Crippen molar-refractivity contribution >= 4 is 17.5 Å². The molecular weight excluding hydrogens is 324 g/mol. The van der Waals surface area contributed by atoms with Crippen molar-refractivity contribution in [3.8, 4) is 11.3 Å². The number of nitrogens with zero attached hydrogens (tertiary/aromatic N) is 2. The van der Waals surface area contributed by atoms with Crippen LogP contribution in [0.3, 0.4) is 0 Å². The minimum atomic E-state index is 0.0320. The van der Waals surface area contributed by atoms with Gasteiger partial charge in [-0.3, -0.25) is 4.79 Å². The van der Waals surface area contributed by atoms with Crippen molar-refractivity contribution in [2.75, 3.05) is 6.54 Å². The van der Waals surface area contributed by atoms with Crippen molar-refractivity contribution < 1.29 is 9.32 Å². The first-order valence-electron chi connectivity index (χ1n) is 7.80. The average Bonchev–Trinajstić information content (AvgIpc) is 3.05. The van der Waals surface area contributed by atoms with E-state index in [0.717, 1.165) is 16.8 Å². The van der Waals surface area contributed by atoms with Gasteiger partial charge in [0.2, 0.25) is 0 Å². The summed E-state index contributed by atoms with van der Waals surface area (Å²) in [6.45, 7) is 1.15. The lowest BCUT2D eigenvalue weighted by atomic mass is 10.0. The number of carbonyl (C=O) groups excluding carboxylic acids is 1. The molecule has 5 heteroatoms. The van der Waals surface area contributed by atoms with Crippen molar-refractivity contribution in [1.82, 2.24) is 10.1 Å². The number of aromatic nitrogens is 1. The Morgan fingerprint density at radius 3 is 2.58 bits per heavy atom. The third kappa shape index (κ3) is 2.69. The van der Waals surface area contributed by atoms with Crippen molar-refractivity contribution in [3.63, 3.8) is 0 Å². The number of rotatable bonds is 2. The Labute approximate surface area is 144 Å². The van der Waals surface area contributed by atoms with Crippen LogP contribution < -0.4 is 0 Å². The maximum absolute atomic E-state index is 12.7. The van der Waals surface area contributed by atoms with Crippen molar-refractivity contribution in [2.24, 2.45) is 0 Å². The highest BCUT2D eigenvalue weighted by molar-refractivity contribution is 6.30. The molecule has 3 aromatic rings. The van der Waals surface area contributed by atoms with E-state index in [-0.39, 0.29) is 5.91 Å². The van der Waals surface area contributed by atoms with Crippen molar-refractivity contribution in [3.05, 3.63) is 76.4 Å². The first-order chi connectivity index (χ1) is 11.7. The molecule has 2 aromatic carbocycles. The molecule has 24 heavy (non-hydrogen) atoms. The van der Waals surface area contributed by atoms with Crippen LogP contribution in [-0.4, -0.2) is 22.5 Å². The van der Waals surface area contributed by atoms with Gasteiger partial charge in [0.25, 0.3) is 5.91 Å². The zero-order chi connectivity index (χ0) is 16.5. The molecule has 4 nitrogen and oxygen atoms in total. The first kappa shape index (κ1) is 15.0. The summed E-state index contributed by atoms with van der Waals surface area (Å²) in [5.41, 5.74) is 3.53. The number of carbonyl (C=O) groups is 1. The molecule has 0 spiro atoms. The Hall–Kier alpha value is -2.59. The maximum Gasteiger partial charge on any atom is 0.254 e. The largest absolute Gasteiger partial charge is 0.356 e. The molecule has 2 heterocycles. The number of benzene rings is 2. The van der Waals surface area contributed by atoms with Crippen molar-refractivity contribution in [2.45, 2.75) is 13.0 Å². The lowest BCUT2D eigenvalue weighted by Crippen LogP contribution is -2.35. The van der Waals surface area contributed by atoms with E-state index in [0.29, 0.717) is 35.9 Å². The van der Waals surface area contributed by atoms with E-state index in [2.05, 4.69) is 5.16 Å². The van der Waals surface area contributed by atoms with Gasteiger partial charge in [0.15, 0.2) is 5.76 Å². The van der Waals surface area contributed by atoms with Crippen molar-refractivity contribution in [1.29, 1.82) is 0 Å². The third-order valence-electron chi connectivity index (χ3n) is 4.25. The number of hydrogen-bond acceptors (Lipinski definition) is 3. The van der Waals surface area contributed by atoms with Crippen LogP contribution in [0, 0.1) is 0 Å². The van der Waals surface area contributed by atoms with Crippen LogP contribution in [0.25, 0.3) is 11.3 Å². The Balaban J connectivity index is 1.64. The van der Waals surface area contributed by atoms with Crippen LogP contribution in [0.15, 0.2) is 59.1 Å². The topological polar surface area (TPSA) is 46.3 Å². The zero-order valence-electron chi connectivity index (χ0n) is 12.9. The van der Waals surface area contributed by atoms with Gasteiger partial charge in [0.1, 0.15) is 0 Å². The van der Waals surface area contributed by atoms with Gasteiger partial charge in [-0.05, 0) is 36.4 Å². The summed E-state index contributed by atoms with van der Waals surface area (Å²) in [7, 11) is 0. The minimum absolute atomic E-state index is 0.0320. The number of hydrogen-bond donors (Lipinski definition) is 0. The predicted octanol–water partition coefficient (Wildman–Crippen LogP) is 4.19. The summed E-state index contributed by atoms with van der Waals surface area (Å²) in [5.74, 6) is 0.747. The summed E-state index contributed by atoms with van der Waals surface area (Å²) >= 11 is 5.95. The molecular formula is C19H15ClN2O2. The predicted molar refractivity (Wildman–Crippen MR) is 91.8 cm³/mol. The molecule has 0 atom stereocenters. The number of fused-ring (bicyclic) bond motifs is 1. The monoisotopic (exact) mass is 338 g/mol. The third-order valence-corrected chi connectivity index (χ3v) is 4.50. The van der Waals surface area contributed by atoms with Crippen LogP contribution >= 0.6 is 11.6 Å². The van der Waals surface area contributed by atoms with Crippen LogP contribution in [0.5, 0.6) is 0 Å². The molecule has 1 aliphatic rings. The van der Waals surface area contributed by atoms with E-state index in [1.165, 1.54) is 0 Å². The second-order valence-electron chi connectivity index (χ2n) is 5.79. The molecule has 1 aromatic heterocycles. The minimum Gasteiger partial charge on any atom is -0.356 e. The fraction of sp³-hybridized carbons (Fsp3) is 0.158. The number of halogens is 1. The van der Waals surface area contributed by atoms with Crippen LogP contribution in [0.2, 0.25) is 5.02 Å². The van der Waals surface area contributed by atoms with E-state index in [9.17, 15) is 4.79 Å². The molecule has 4 rings (SSSR count). The van der Waals surface area contributed by atoms with E-state index in [1.54, 1.807) is 0 Å². The van der Waals surface area contributed by atoms with Gasteiger partial charge < -0.3 is 9.42 Å². The van der Waals surface area contributed by atoms with Crippen LogP contribution in [-0.2, 0) is 13.0 Å². The summed E-state index contributed by atoms with van der Waals surface area (Å²) in [5, 5.41) is 4.85. The van der Waals surface area contributed by atoms with Crippen LogP contribution in [0.1, 0.15) is 21.6 Å². The SMILES string of the molecule is O=C(c1ccccc1)N1CCc2noc(-c3ccc(Cl)cc3)c2C1. The highest BCUT2D eigenvalue weighted by Gasteiger charge is 2.27. The van der Waals surface area contributed by atoms with Gasteiger partial charge in [-0.25, -0.2) is 0 Å². The molecule has 0 saturated carbocycles. The Morgan fingerprint density at radius 2 is 1.83 bits per heavy atom. The van der Waals surface area contributed by atoms with Crippen LogP contribution in [0.4, 0.5) is 0 Å². The lowest BCUT2D eigenvalue weighted by Gasteiger charge is -2.26. The normalized spacial score (nSPS) is 13.6. The zero-order valence-corrected chi connectivity index (χ0v) is 13.7. The standard InChI is InChI=1S/C19H15ClN2O2/c20-15-8-6-13(7-9-15)18-16-12-22(11-10-17(16)21-24-18)19(23)14-4-2-1-3-5-14/h1-9H,10-12H2. The van der Waals surface area contributed by atoms with Gasteiger partial charge >= 0.3 is 0 Å². The molecule has 0 radical (unpaired) electrons. The molecule has 0 saturated heterocycles. The van der Waals surface area contributed by atoms with Gasteiger partial charge in [0.05, 0.1) is 12.2 Å². The summed E-state index contributed by atoms with van der Waals surface area (Å²) < 4.78 is 5.55. The molecule has 1 aliphatic heterocycles. The molecule has 0 aliphatic carbocycles. The molecule has 0 N–H and O–H groups in total. The number of amides is 1. The molecule has 0 bridgehead atoms. The maximum atomic E-state index is 12.7. The van der Waals surface area contributed by atoms with E-state index < -0.39 is 0 Å². The average molecular weight is 339 g/mol. The van der Waals surface area contributed by atoms with Gasteiger partial charge in [0, 0.05) is 34.7 Å². The van der Waals surface area contributed by atoms with E-state index >= 15 is 0 Å². The van der Waals surface area contributed by atoms with E-state index in [1.807, 2.05) is 59.5 Å². The second kappa shape index (κ2) is 6.13. The smallest absolute Gasteiger partial charge is 0.254 e. The second-order valence-corrected chi connectivity index (χ2v) is 6.22. The quantitative estimate of drug-likeness (QED) is 0.703. The molecule has 0 fully saturated rings.